The van der Waals surface area contributed by atoms with Crippen LogP contribution in [0, 0.1) is 0 Å². The molecule has 7 rings (SSSR count). The van der Waals surface area contributed by atoms with Gasteiger partial charge in [-0.15, -0.1) is 0 Å². The van der Waals surface area contributed by atoms with Crippen LogP contribution in [0.2, 0.25) is 0 Å². The van der Waals surface area contributed by atoms with Gasteiger partial charge in [-0.05, 0) is 113 Å². The van der Waals surface area contributed by atoms with Crippen LogP contribution in [-0.2, 0) is 9.31 Å². The zero-order valence-corrected chi connectivity index (χ0v) is 26.3. The van der Waals surface area contributed by atoms with Crippen molar-refractivity contribution in [2.45, 2.75) is 38.9 Å². The molecule has 6 aromatic rings. The van der Waals surface area contributed by atoms with Crippen molar-refractivity contribution in [3.63, 3.8) is 0 Å². The third-order valence-electron chi connectivity index (χ3n) is 9.29. The first-order valence-electron chi connectivity index (χ1n) is 15.7. The van der Waals surface area contributed by atoms with E-state index in [0.29, 0.717) is 0 Å². The van der Waals surface area contributed by atoms with Crippen molar-refractivity contribution in [1.82, 2.24) is 0 Å². The Bertz CT molecular complexity index is 1860. The van der Waals surface area contributed by atoms with E-state index < -0.39 is 18.3 Å². The third kappa shape index (κ3) is 5.90. The Kier molecular flexibility index (Phi) is 7.53. The zero-order valence-electron chi connectivity index (χ0n) is 26.3. The molecule has 1 aliphatic rings. The highest BCUT2D eigenvalue weighted by Gasteiger charge is 2.51. The Morgan fingerprint density at radius 1 is 0.333 bits per heavy atom. The normalized spacial score (nSPS) is 15.2. The van der Waals surface area contributed by atoms with Gasteiger partial charge in [0.1, 0.15) is 0 Å². The maximum Gasteiger partial charge on any atom is 0.494 e. The maximum atomic E-state index is 6.57. The Morgan fingerprint density at radius 2 is 0.600 bits per heavy atom. The number of hydrogen-bond donors (Lipinski definition) is 0. The lowest BCUT2D eigenvalue weighted by molar-refractivity contribution is 0.00578. The quantitative estimate of drug-likeness (QED) is 0.181. The molecule has 0 amide bonds. The van der Waals surface area contributed by atoms with E-state index in [2.05, 4.69) is 179 Å². The summed E-state index contributed by atoms with van der Waals surface area (Å²) in [6, 6.07) is 54.2. The van der Waals surface area contributed by atoms with Crippen molar-refractivity contribution in [3.05, 3.63) is 152 Å². The minimum absolute atomic E-state index is 0.432. The van der Waals surface area contributed by atoms with Gasteiger partial charge in [0.25, 0.3) is 0 Å². The molecule has 0 unspecified atom stereocenters. The molecule has 45 heavy (non-hydrogen) atoms. The Hall–Kier alpha value is -4.70. The van der Waals surface area contributed by atoms with E-state index in [-0.39, 0.29) is 0 Å². The van der Waals surface area contributed by atoms with Gasteiger partial charge >= 0.3 is 7.12 Å². The topological polar surface area (TPSA) is 18.5 Å². The second kappa shape index (κ2) is 11.7. The van der Waals surface area contributed by atoms with Crippen LogP contribution < -0.4 is 5.46 Å². The molecular formula is C42H37BO2. The van der Waals surface area contributed by atoms with Crippen molar-refractivity contribution in [2.24, 2.45) is 0 Å². The number of hydrogen-bond acceptors (Lipinski definition) is 2. The molecule has 1 aliphatic heterocycles. The van der Waals surface area contributed by atoms with Gasteiger partial charge in [-0.1, -0.05) is 127 Å². The predicted molar refractivity (Wildman–Crippen MR) is 189 cm³/mol. The van der Waals surface area contributed by atoms with Crippen molar-refractivity contribution in [1.29, 1.82) is 0 Å². The first-order chi connectivity index (χ1) is 21.8. The number of benzene rings is 6. The van der Waals surface area contributed by atoms with Crippen molar-refractivity contribution in [3.8, 4) is 55.6 Å². The van der Waals surface area contributed by atoms with E-state index >= 15 is 0 Å². The molecule has 3 heteroatoms. The minimum atomic E-state index is -0.469. The molecule has 0 atom stereocenters. The second-order valence-electron chi connectivity index (χ2n) is 12.9. The van der Waals surface area contributed by atoms with Gasteiger partial charge in [-0.25, -0.2) is 0 Å². The molecule has 6 aromatic carbocycles. The molecule has 0 bridgehead atoms. The van der Waals surface area contributed by atoms with Gasteiger partial charge in [0, 0.05) is 0 Å². The lowest BCUT2D eigenvalue weighted by atomic mass is 9.76. The molecule has 0 radical (unpaired) electrons. The van der Waals surface area contributed by atoms with E-state index in [1.54, 1.807) is 0 Å². The molecular weight excluding hydrogens is 547 g/mol. The SMILES string of the molecule is CC1(C)OB(c2cc(-c3ccc(-c4ccccc4)cc3)cc(-c3cc(-c4ccccc4)cc(-c4ccccc4)c3)c2)OC1(C)C. The fourth-order valence-corrected chi connectivity index (χ4v) is 5.97. The monoisotopic (exact) mass is 584 g/mol. The van der Waals surface area contributed by atoms with Crippen LogP contribution >= 0.6 is 0 Å². The van der Waals surface area contributed by atoms with E-state index in [1.807, 2.05) is 0 Å². The zero-order chi connectivity index (χ0) is 31.0. The average Bonchev–Trinajstić information content (AvgIpc) is 3.31. The molecule has 0 aliphatic carbocycles. The molecule has 0 spiro atoms. The number of rotatable bonds is 6. The lowest BCUT2D eigenvalue weighted by Gasteiger charge is -2.32. The Morgan fingerprint density at radius 3 is 1.00 bits per heavy atom. The predicted octanol–water partition coefficient (Wildman–Crippen LogP) is 10.3. The van der Waals surface area contributed by atoms with Crippen molar-refractivity contribution in [2.75, 3.05) is 0 Å². The van der Waals surface area contributed by atoms with Gasteiger partial charge < -0.3 is 9.31 Å². The first-order valence-corrected chi connectivity index (χ1v) is 15.7. The van der Waals surface area contributed by atoms with E-state index in [0.717, 1.165) is 27.7 Å². The molecule has 1 heterocycles. The summed E-state index contributed by atoms with van der Waals surface area (Å²) < 4.78 is 13.1. The van der Waals surface area contributed by atoms with E-state index in [1.165, 1.54) is 33.4 Å². The first kappa shape index (κ1) is 29.0. The van der Waals surface area contributed by atoms with Gasteiger partial charge in [0.05, 0.1) is 11.2 Å². The Labute approximate surface area is 267 Å². The van der Waals surface area contributed by atoms with Crippen LogP contribution in [-0.4, -0.2) is 18.3 Å². The molecule has 2 nitrogen and oxygen atoms in total. The minimum Gasteiger partial charge on any atom is -0.399 e. The summed E-state index contributed by atoms with van der Waals surface area (Å²) in [5.41, 5.74) is 11.9. The summed E-state index contributed by atoms with van der Waals surface area (Å²) in [6.07, 6.45) is 0. The molecule has 0 saturated carbocycles. The van der Waals surface area contributed by atoms with Crippen LogP contribution in [0.3, 0.4) is 0 Å². The molecule has 220 valence electrons. The van der Waals surface area contributed by atoms with Gasteiger partial charge in [0.15, 0.2) is 0 Å². The summed E-state index contributed by atoms with van der Waals surface area (Å²) in [7, 11) is -0.469. The standard InChI is InChI=1S/C42H37BO2/c1-41(2)42(3,4)45-43(44-41)40-28-38(34-22-20-33(21-23-34)30-14-8-5-9-15-30)27-39(29-40)37-25-35(31-16-10-6-11-17-31)24-36(26-37)32-18-12-7-13-19-32/h5-29H,1-4H3. The van der Waals surface area contributed by atoms with Crippen LogP contribution in [0.15, 0.2) is 152 Å². The second-order valence-corrected chi connectivity index (χ2v) is 12.9. The van der Waals surface area contributed by atoms with E-state index in [4.69, 9.17) is 9.31 Å². The third-order valence-corrected chi connectivity index (χ3v) is 9.29. The fraction of sp³-hybridized carbons (Fsp3) is 0.143. The summed E-state index contributed by atoms with van der Waals surface area (Å²) in [4.78, 5) is 0. The van der Waals surface area contributed by atoms with Crippen LogP contribution in [0.1, 0.15) is 27.7 Å². The summed E-state index contributed by atoms with van der Waals surface area (Å²) in [6.45, 7) is 8.43. The highest BCUT2D eigenvalue weighted by atomic mass is 16.7. The van der Waals surface area contributed by atoms with Gasteiger partial charge in [-0.3, -0.25) is 0 Å². The molecule has 1 fully saturated rings. The molecule has 0 aromatic heterocycles. The molecule has 0 N–H and O–H groups in total. The Balaban J connectivity index is 1.38. The van der Waals surface area contributed by atoms with Crippen LogP contribution in [0.5, 0.6) is 0 Å². The fourth-order valence-electron chi connectivity index (χ4n) is 5.97. The van der Waals surface area contributed by atoms with Crippen LogP contribution in [0.25, 0.3) is 55.6 Å². The van der Waals surface area contributed by atoms with Crippen LogP contribution in [0.4, 0.5) is 0 Å². The summed E-state index contributed by atoms with van der Waals surface area (Å²) >= 11 is 0. The lowest BCUT2D eigenvalue weighted by Crippen LogP contribution is -2.41. The maximum absolute atomic E-state index is 6.57. The summed E-state index contributed by atoms with van der Waals surface area (Å²) in [5.74, 6) is 0. The average molecular weight is 585 g/mol. The highest BCUT2D eigenvalue weighted by molar-refractivity contribution is 6.62. The van der Waals surface area contributed by atoms with Gasteiger partial charge in [0.2, 0.25) is 0 Å². The van der Waals surface area contributed by atoms with E-state index in [9.17, 15) is 0 Å². The van der Waals surface area contributed by atoms with Crippen molar-refractivity contribution < 1.29 is 9.31 Å². The van der Waals surface area contributed by atoms with Crippen molar-refractivity contribution >= 4 is 12.6 Å². The van der Waals surface area contributed by atoms with Gasteiger partial charge in [-0.2, -0.15) is 0 Å². The smallest absolute Gasteiger partial charge is 0.399 e. The summed E-state index contributed by atoms with van der Waals surface area (Å²) in [5, 5.41) is 0. The molecule has 1 saturated heterocycles. The highest BCUT2D eigenvalue weighted by Crippen LogP contribution is 2.38. The largest absolute Gasteiger partial charge is 0.494 e.